The summed E-state index contributed by atoms with van der Waals surface area (Å²) in [6.07, 6.45) is 0.871. The monoisotopic (exact) mass is 223 g/mol. The maximum atomic E-state index is 5.68. The van der Waals surface area contributed by atoms with E-state index >= 15 is 0 Å². The van der Waals surface area contributed by atoms with E-state index in [2.05, 4.69) is 0 Å². The number of nitrogens with two attached hydrogens (primary N) is 1. The summed E-state index contributed by atoms with van der Waals surface area (Å²) in [5, 5.41) is 0. The molecular weight excluding hydrogens is 206 g/mol. The second kappa shape index (κ2) is 4.72. The first-order valence-corrected chi connectivity index (χ1v) is 5.36. The van der Waals surface area contributed by atoms with Crippen molar-refractivity contribution in [3.05, 3.63) is 23.3 Å². The molecule has 0 amide bonds. The van der Waals surface area contributed by atoms with E-state index < -0.39 is 0 Å². The Bertz CT molecular complexity index is 379. The summed E-state index contributed by atoms with van der Waals surface area (Å²) in [5.74, 6) is 1.49. The van der Waals surface area contributed by atoms with Gasteiger partial charge in [0.05, 0.1) is 26.9 Å². The van der Waals surface area contributed by atoms with Crippen molar-refractivity contribution < 1.29 is 14.2 Å². The molecule has 1 atom stereocenters. The van der Waals surface area contributed by atoms with Crippen molar-refractivity contribution in [1.29, 1.82) is 0 Å². The maximum absolute atomic E-state index is 5.68. The van der Waals surface area contributed by atoms with Crippen LogP contribution in [0.3, 0.4) is 0 Å². The third-order valence-electron chi connectivity index (χ3n) is 2.90. The quantitative estimate of drug-likeness (QED) is 0.838. The van der Waals surface area contributed by atoms with Crippen molar-refractivity contribution in [3.8, 4) is 11.5 Å². The molecule has 0 saturated carbocycles. The highest BCUT2D eigenvalue weighted by atomic mass is 16.5. The fraction of sp³-hybridized carbons (Fsp3) is 0.500. The van der Waals surface area contributed by atoms with Gasteiger partial charge in [0, 0.05) is 6.54 Å². The number of rotatable bonds is 3. The van der Waals surface area contributed by atoms with Crippen LogP contribution in [0.25, 0.3) is 0 Å². The third-order valence-corrected chi connectivity index (χ3v) is 2.90. The van der Waals surface area contributed by atoms with Crippen LogP contribution in [0.4, 0.5) is 0 Å². The van der Waals surface area contributed by atoms with E-state index in [0.29, 0.717) is 13.2 Å². The summed E-state index contributed by atoms with van der Waals surface area (Å²) in [6, 6.07) is 3.98. The average Bonchev–Trinajstić information content (AvgIpc) is 2.36. The summed E-state index contributed by atoms with van der Waals surface area (Å²) < 4.78 is 16.2. The molecule has 0 radical (unpaired) electrons. The van der Waals surface area contributed by atoms with Gasteiger partial charge in [0.1, 0.15) is 0 Å². The van der Waals surface area contributed by atoms with Gasteiger partial charge in [-0.1, -0.05) is 0 Å². The fourth-order valence-electron chi connectivity index (χ4n) is 2.05. The molecule has 88 valence electrons. The Morgan fingerprint density at radius 1 is 1.31 bits per heavy atom. The summed E-state index contributed by atoms with van der Waals surface area (Å²) in [4.78, 5) is 0. The Morgan fingerprint density at radius 3 is 2.62 bits per heavy atom. The zero-order valence-corrected chi connectivity index (χ0v) is 9.66. The largest absolute Gasteiger partial charge is 0.493 e. The van der Waals surface area contributed by atoms with Crippen molar-refractivity contribution in [1.82, 2.24) is 0 Å². The molecule has 4 heteroatoms. The summed E-state index contributed by atoms with van der Waals surface area (Å²) >= 11 is 0. The number of benzene rings is 1. The van der Waals surface area contributed by atoms with Gasteiger partial charge >= 0.3 is 0 Å². The fourth-order valence-corrected chi connectivity index (χ4v) is 2.05. The van der Waals surface area contributed by atoms with Crippen molar-refractivity contribution in [2.24, 2.45) is 5.73 Å². The smallest absolute Gasteiger partial charge is 0.161 e. The van der Waals surface area contributed by atoms with Gasteiger partial charge in [0.25, 0.3) is 0 Å². The minimum absolute atomic E-state index is 0.0245. The molecule has 1 aromatic rings. The lowest BCUT2D eigenvalue weighted by Gasteiger charge is -2.26. The highest BCUT2D eigenvalue weighted by Gasteiger charge is 2.22. The number of methoxy groups -OCH3 is 2. The van der Waals surface area contributed by atoms with Gasteiger partial charge in [-0.25, -0.2) is 0 Å². The van der Waals surface area contributed by atoms with Crippen LogP contribution in [-0.4, -0.2) is 27.4 Å². The molecule has 1 aliphatic heterocycles. The van der Waals surface area contributed by atoms with E-state index in [1.54, 1.807) is 14.2 Å². The Kier molecular flexibility index (Phi) is 3.31. The molecule has 1 aromatic carbocycles. The van der Waals surface area contributed by atoms with Gasteiger partial charge in [-0.2, -0.15) is 0 Å². The first-order valence-electron chi connectivity index (χ1n) is 5.36. The first-order chi connectivity index (χ1) is 7.80. The molecule has 0 saturated heterocycles. The third kappa shape index (κ3) is 1.86. The van der Waals surface area contributed by atoms with Crippen LogP contribution in [0, 0.1) is 0 Å². The van der Waals surface area contributed by atoms with Crippen LogP contribution in [0.2, 0.25) is 0 Å². The van der Waals surface area contributed by atoms with Crippen molar-refractivity contribution in [2.75, 3.05) is 27.4 Å². The van der Waals surface area contributed by atoms with E-state index in [-0.39, 0.29) is 6.10 Å². The van der Waals surface area contributed by atoms with Gasteiger partial charge in [-0.15, -0.1) is 0 Å². The van der Waals surface area contributed by atoms with E-state index in [1.807, 2.05) is 12.1 Å². The molecule has 1 aliphatic rings. The van der Waals surface area contributed by atoms with E-state index in [4.69, 9.17) is 19.9 Å². The highest BCUT2D eigenvalue weighted by molar-refractivity contribution is 5.49. The Morgan fingerprint density at radius 2 is 2.00 bits per heavy atom. The first kappa shape index (κ1) is 11.2. The summed E-state index contributed by atoms with van der Waals surface area (Å²) in [6.45, 7) is 1.20. The predicted octanol–water partition coefficient (Wildman–Crippen LogP) is 1.28. The minimum atomic E-state index is -0.0245. The lowest BCUT2D eigenvalue weighted by Crippen LogP contribution is -2.23. The van der Waals surface area contributed by atoms with Crippen LogP contribution in [-0.2, 0) is 11.2 Å². The normalized spacial score (nSPS) is 19.1. The molecule has 4 nitrogen and oxygen atoms in total. The lowest BCUT2D eigenvalue weighted by atomic mass is 9.96. The van der Waals surface area contributed by atoms with Crippen LogP contribution >= 0.6 is 0 Å². The van der Waals surface area contributed by atoms with Gasteiger partial charge in [-0.05, 0) is 29.7 Å². The Balaban J connectivity index is 2.46. The molecule has 0 aromatic heterocycles. The molecule has 0 bridgehead atoms. The molecule has 0 spiro atoms. The van der Waals surface area contributed by atoms with Crippen LogP contribution in [0.5, 0.6) is 11.5 Å². The number of fused-ring (bicyclic) bond motifs is 1. The Labute approximate surface area is 95.3 Å². The van der Waals surface area contributed by atoms with Crippen molar-refractivity contribution in [2.45, 2.75) is 12.5 Å². The second-order valence-corrected chi connectivity index (χ2v) is 3.75. The van der Waals surface area contributed by atoms with E-state index in [9.17, 15) is 0 Å². The van der Waals surface area contributed by atoms with E-state index in [1.165, 1.54) is 5.56 Å². The predicted molar refractivity (Wildman–Crippen MR) is 61.0 cm³/mol. The van der Waals surface area contributed by atoms with Crippen LogP contribution in [0.1, 0.15) is 17.2 Å². The van der Waals surface area contributed by atoms with Crippen molar-refractivity contribution >= 4 is 0 Å². The maximum Gasteiger partial charge on any atom is 0.161 e. The molecule has 2 rings (SSSR count). The number of hydrogen-bond acceptors (Lipinski definition) is 4. The molecule has 0 unspecified atom stereocenters. The van der Waals surface area contributed by atoms with Crippen LogP contribution in [0.15, 0.2) is 12.1 Å². The molecule has 16 heavy (non-hydrogen) atoms. The molecule has 2 N–H and O–H groups in total. The summed E-state index contributed by atoms with van der Waals surface area (Å²) in [5.41, 5.74) is 8.04. The molecule has 1 heterocycles. The number of ether oxygens (including phenoxy) is 3. The molecule has 0 aliphatic carbocycles. The second-order valence-electron chi connectivity index (χ2n) is 3.75. The van der Waals surface area contributed by atoms with E-state index in [0.717, 1.165) is 23.5 Å². The summed E-state index contributed by atoms with van der Waals surface area (Å²) in [7, 11) is 3.27. The standard InChI is InChI=1S/C12H17NO3/c1-14-10-5-8-3-4-16-12(7-13)9(8)6-11(10)15-2/h5-6,12H,3-4,7,13H2,1-2H3/t12-/m0/s1. The van der Waals surface area contributed by atoms with Gasteiger partial charge in [-0.3, -0.25) is 0 Å². The SMILES string of the molecule is COc1cc2c(cc1OC)[C@H](CN)OCC2. The zero-order valence-electron chi connectivity index (χ0n) is 9.66. The van der Waals surface area contributed by atoms with Gasteiger partial charge in [0.2, 0.25) is 0 Å². The van der Waals surface area contributed by atoms with Gasteiger partial charge in [0.15, 0.2) is 11.5 Å². The lowest BCUT2D eigenvalue weighted by molar-refractivity contribution is 0.0482. The topological polar surface area (TPSA) is 53.7 Å². The van der Waals surface area contributed by atoms with Crippen LogP contribution < -0.4 is 15.2 Å². The number of hydrogen-bond donors (Lipinski definition) is 1. The highest BCUT2D eigenvalue weighted by Crippen LogP contribution is 2.36. The van der Waals surface area contributed by atoms with Crippen molar-refractivity contribution in [3.63, 3.8) is 0 Å². The average molecular weight is 223 g/mol. The minimum Gasteiger partial charge on any atom is -0.493 e. The Hall–Kier alpha value is -1.26. The van der Waals surface area contributed by atoms with Gasteiger partial charge < -0.3 is 19.9 Å². The zero-order chi connectivity index (χ0) is 11.5. The molecule has 0 fully saturated rings. The molecular formula is C12H17NO3.